The second kappa shape index (κ2) is 6.69. The maximum atomic E-state index is 17.2. The fraction of sp³-hybridized carbons (Fsp3) is 0.0704. The van der Waals surface area contributed by atoms with E-state index in [9.17, 15) is 10.1 Å². The summed E-state index contributed by atoms with van der Waals surface area (Å²) in [7, 11) is 0. The third-order valence-electron chi connectivity index (χ3n) is 27.2. The number of esters is 2. The Morgan fingerprint density at radius 3 is 0.615 bits per heavy atom. The van der Waals surface area contributed by atoms with Crippen molar-refractivity contribution in [3.8, 4) is 0 Å². The van der Waals surface area contributed by atoms with Gasteiger partial charge in [-0.05, 0) is 325 Å². The predicted molar refractivity (Wildman–Crippen MR) is 309 cm³/mol. The maximum Gasteiger partial charge on any atom is 0.329 e. The third-order valence-corrected chi connectivity index (χ3v) is 27.2. The Balaban J connectivity index is 1.01. The molecule has 35 rings (SSSR count). The Morgan fingerprint density at radius 1 is 0.282 bits per heavy atom. The molecular formula is C71H7NO6. The highest BCUT2D eigenvalue weighted by Crippen LogP contribution is 2.97. The zero-order valence-corrected chi connectivity index (χ0v) is 39.2. The van der Waals surface area contributed by atoms with Crippen LogP contribution in [0.3, 0.4) is 0 Å². The van der Waals surface area contributed by atoms with Crippen LogP contribution < -0.4 is 0 Å². The van der Waals surface area contributed by atoms with Crippen LogP contribution in [0.4, 0.5) is 5.69 Å². The minimum absolute atomic E-state index is 0.0869. The van der Waals surface area contributed by atoms with Gasteiger partial charge >= 0.3 is 11.9 Å². The second-order valence-electron chi connectivity index (χ2n) is 27.5. The summed E-state index contributed by atoms with van der Waals surface area (Å²) >= 11 is 0. The zero-order chi connectivity index (χ0) is 47.6. The molecule has 29 aromatic carbocycles. The molecule has 332 valence electrons. The quantitative estimate of drug-likeness (QED) is 0.0563. The van der Waals surface area contributed by atoms with Crippen LogP contribution in [0.25, 0.3) is 291 Å². The highest BCUT2D eigenvalue weighted by atomic mass is 16.7. The lowest BCUT2D eigenvalue weighted by Crippen LogP contribution is -2.51. The van der Waals surface area contributed by atoms with Gasteiger partial charge in [0.05, 0.1) is 15.8 Å². The molecule has 0 amide bonds. The minimum atomic E-state index is -1.83. The lowest BCUT2D eigenvalue weighted by atomic mass is 9.68. The van der Waals surface area contributed by atoms with Crippen molar-refractivity contribution in [2.45, 2.75) is 23.5 Å². The second-order valence-corrected chi connectivity index (χ2v) is 27.5. The van der Waals surface area contributed by atoms with Crippen molar-refractivity contribution < 1.29 is 24.0 Å². The number of hydrogen-bond acceptors (Lipinski definition) is 6. The van der Waals surface area contributed by atoms with Crippen molar-refractivity contribution in [2.75, 3.05) is 0 Å². The van der Waals surface area contributed by atoms with Crippen LogP contribution in [0.5, 0.6) is 0 Å². The first-order valence-corrected chi connectivity index (χ1v) is 27.9. The Bertz CT molecular complexity index is 7350. The van der Waals surface area contributed by atoms with Crippen molar-refractivity contribution in [3.05, 3.63) is 62.2 Å². The largest absolute Gasteiger partial charge is 0.417 e. The molecule has 7 heteroatoms. The van der Waals surface area contributed by atoms with Gasteiger partial charge in [-0.25, -0.2) is 0 Å². The summed E-state index contributed by atoms with van der Waals surface area (Å²) in [5.41, 5.74) is 0.944. The normalized spacial score (nSPS) is 25.8. The van der Waals surface area contributed by atoms with E-state index in [4.69, 9.17) is 9.47 Å². The van der Waals surface area contributed by atoms with Crippen LogP contribution >= 0.6 is 0 Å². The van der Waals surface area contributed by atoms with Gasteiger partial charge in [0, 0.05) is 24.6 Å². The molecule has 0 bridgehead atoms. The first kappa shape index (κ1) is 29.9. The van der Waals surface area contributed by atoms with Gasteiger partial charge in [-0.2, -0.15) is 0 Å². The van der Waals surface area contributed by atoms with Crippen molar-refractivity contribution in [1.29, 1.82) is 0 Å². The summed E-state index contributed by atoms with van der Waals surface area (Å²) in [5.74, 6) is -2.89. The van der Waals surface area contributed by atoms with E-state index in [1.54, 1.807) is 29.8 Å². The molecule has 29 aromatic rings. The maximum absolute atomic E-state index is 17.2. The summed E-state index contributed by atoms with van der Waals surface area (Å²) in [4.78, 5) is 46.0. The van der Waals surface area contributed by atoms with Crippen LogP contribution in [-0.2, 0) is 35.7 Å². The van der Waals surface area contributed by atoms with E-state index >= 15 is 9.59 Å². The average molecular weight is 970 g/mol. The fourth-order valence-corrected chi connectivity index (χ4v) is 26.8. The predicted octanol–water partition coefficient (Wildman–Crippen LogP) is 17.2. The molecule has 1 saturated heterocycles. The van der Waals surface area contributed by atoms with Gasteiger partial charge in [0.25, 0.3) is 11.5 Å². The van der Waals surface area contributed by atoms with Crippen molar-refractivity contribution in [1.82, 2.24) is 0 Å². The highest BCUT2D eigenvalue weighted by Gasteiger charge is 3.02. The molecule has 6 aliphatic rings. The molecule has 0 atom stereocenters. The lowest BCUT2D eigenvalue weighted by Gasteiger charge is -2.38. The number of nitro groups is 1. The van der Waals surface area contributed by atoms with Gasteiger partial charge in [-0.1, -0.05) is 0 Å². The Kier molecular flexibility index (Phi) is 2.57. The number of carbonyl (C=O) groups excluding carboxylic acids is 2. The van der Waals surface area contributed by atoms with E-state index in [-0.39, 0.29) is 5.69 Å². The molecule has 1 aliphatic heterocycles. The van der Waals surface area contributed by atoms with Gasteiger partial charge in [0.1, 0.15) is 0 Å². The Hall–Kier alpha value is -9.98. The number of benzene rings is 19. The van der Waals surface area contributed by atoms with Crippen LogP contribution in [0.1, 0.15) is 34.7 Å². The van der Waals surface area contributed by atoms with Crippen LogP contribution in [-0.4, -0.2) is 16.9 Å². The van der Waals surface area contributed by atoms with E-state index in [0.29, 0.717) is 5.56 Å². The van der Waals surface area contributed by atoms with E-state index < -0.39 is 38.9 Å². The molecule has 0 N–H and O–H groups in total. The van der Waals surface area contributed by atoms with E-state index in [1.165, 1.54) is 314 Å². The molecule has 2 fully saturated rings. The van der Waals surface area contributed by atoms with E-state index in [2.05, 4.69) is 0 Å². The number of non-ortho nitro benzene ring substituents is 1. The summed E-state index contributed by atoms with van der Waals surface area (Å²) < 4.78 is 14.2. The Labute approximate surface area is 421 Å². The van der Waals surface area contributed by atoms with E-state index in [1.807, 2.05) is 0 Å². The van der Waals surface area contributed by atoms with Crippen LogP contribution in [0, 0.1) is 15.5 Å². The number of nitrogens with zero attached hydrogens (tertiary/aromatic N) is 1. The molecule has 78 heavy (non-hydrogen) atoms. The third kappa shape index (κ3) is 1.57. The van der Waals surface area contributed by atoms with Crippen molar-refractivity contribution in [2.24, 2.45) is 5.41 Å². The van der Waals surface area contributed by atoms with Crippen molar-refractivity contribution >= 4 is 308 Å². The fourth-order valence-electron chi connectivity index (χ4n) is 26.8. The number of rotatable bonds is 2. The van der Waals surface area contributed by atoms with Gasteiger partial charge in [0.2, 0.25) is 0 Å². The summed E-state index contributed by atoms with van der Waals surface area (Å²) in [6.45, 7) is 1.66. The van der Waals surface area contributed by atoms with Crippen molar-refractivity contribution in [3.63, 3.8) is 0 Å². The standard InChI is InChI=1S/C71H7NO6/c1-68(6-2-4-7(5-3-6)72(75)76)77-66(73)71(67(74)78-68)69-62-54-46-36-26-18-10-8-9-12-16-14(10)22-30-24(16)34-28-20(12)21-13(9)17-15-11(8)19(18)27-33-23(15)31-25(17)35-29(21)39-38(28)48-42(34)52-44(30)50(40(46)32(22)26)58(62)60(52)64-56(48)57-49(39)43(35)53-45(31)51-41(33)47(37(27)36)55(54)63(69)59(51)61(53)65(57)70(64,69)71/h2-5H,1H3. The topological polar surface area (TPSA) is 95.7 Å². The zero-order valence-electron chi connectivity index (χ0n) is 39.2. The SMILES string of the molecule is CC1(c2ccc([N+](=O)[O-])cc2)OC(=O)C2(C(=O)O1)C13c4c5c6c7c8c9c(c%10c%11c1c1c4c4c%12c5c5c6c6c8c8c%13c9c9c%10c%10c%11c%11c1c1c4c4c%12c%12c5c5c6c8c6c8c%13c9c9c%10c%10c%11c1c1c4c4c%12c5c6c5c8c9c%10c1c45)C723. The summed E-state index contributed by atoms with van der Waals surface area (Å²) in [6, 6.07) is 5.98. The van der Waals surface area contributed by atoms with Gasteiger partial charge in [-0.15, -0.1) is 0 Å². The van der Waals surface area contributed by atoms with Gasteiger partial charge < -0.3 is 9.47 Å². The molecule has 7 nitrogen and oxygen atoms in total. The first-order chi connectivity index (χ1) is 38.4. The van der Waals surface area contributed by atoms with Gasteiger partial charge in [0.15, 0.2) is 5.41 Å². The molecule has 0 aromatic heterocycles. The smallest absolute Gasteiger partial charge is 0.329 e. The molecule has 3 spiro atoms. The molecule has 0 unspecified atom stereocenters. The number of hydrogen-bond donors (Lipinski definition) is 0. The van der Waals surface area contributed by atoms with Crippen LogP contribution in [0.2, 0.25) is 0 Å². The number of ether oxygens (including phenoxy) is 2. The van der Waals surface area contributed by atoms with Crippen LogP contribution in [0.15, 0.2) is 24.3 Å². The monoisotopic (exact) mass is 969 g/mol. The molecule has 0 radical (unpaired) electrons. The number of carbonyl (C=O) groups is 2. The molecule has 1 saturated carbocycles. The minimum Gasteiger partial charge on any atom is -0.417 e. The molecule has 1 heterocycles. The first-order valence-electron chi connectivity index (χ1n) is 27.9. The van der Waals surface area contributed by atoms with E-state index in [0.717, 1.165) is 0 Å². The number of cyclic esters (lactones) is 2. The average Bonchev–Trinajstić information content (AvgIpc) is 1.47. The highest BCUT2D eigenvalue weighted by molar-refractivity contribution is 6.82. The lowest BCUT2D eigenvalue weighted by molar-refractivity contribution is -0.384. The van der Waals surface area contributed by atoms with Gasteiger partial charge in [-0.3, -0.25) is 19.7 Å². The molecule has 5 aliphatic carbocycles. The summed E-state index contributed by atoms with van der Waals surface area (Å²) in [5, 5.41) is 89.5. The summed E-state index contributed by atoms with van der Waals surface area (Å²) in [6.07, 6.45) is 0. The number of nitro benzene ring substituents is 1. The molecular weight excluding hydrogens is 963 g/mol. The Morgan fingerprint density at radius 2 is 0.449 bits per heavy atom.